The molecule has 0 atom stereocenters. The summed E-state index contributed by atoms with van der Waals surface area (Å²) in [6, 6.07) is 0. The highest BCUT2D eigenvalue weighted by molar-refractivity contribution is 5.85. The maximum Gasteiger partial charge on any atom is 0.00974 e. The minimum absolute atomic E-state index is 0. The molecule has 0 aromatic carbocycles. The number of rotatable bonds is 16. The molecule has 0 saturated carbocycles. The van der Waals surface area contributed by atoms with Crippen LogP contribution >= 0.6 is 12.4 Å². The fraction of sp³-hybridized carbons (Fsp3) is 0.889. The van der Waals surface area contributed by atoms with E-state index in [0.717, 1.165) is 6.54 Å². The lowest BCUT2D eigenvalue weighted by Crippen LogP contribution is -2.22. The van der Waals surface area contributed by atoms with E-state index in [1.54, 1.807) is 0 Å². The van der Waals surface area contributed by atoms with Crippen LogP contribution in [0.15, 0.2) is 12.2 Å². The zero-order valence-corrected chi connectivity index (χ0v) is 15.1. The van der Waals surface area contributed by atoms with Crippen LogP contribution in [0.2, 0.25) is 0 Å². The van der Waals surface area contributed by atoms with Crippen molar-refractivity contribution in [2.24, 2.45) is 5.84 Å². The first kappa shape index (κ1) is 23.2. The Kier molecular flexibility index (Phi) is 24.6. The first-order valence-electron chi connectivity index (χ1n) is 9.00. The predicted octanol–water partition coefficient (Wildman–Crippen LogP) is 5.91. The van der Waals surface area contributed by atoms with Crippen molar-refractivity contribution in [3.63, 3.8) is 0 Å². The summed E-state index contributed by atoms with van der Waals surface area (Å²) in [6.45, 7) is 3.24. The molecule has 0 heterocycles. The standard InChI is InChI=1S/C18H38N2.ClH/c1-2-3-4-5-6-7-8-9-10-11-12-13-14-15-16-17-18-20-19;/h9-10,20H,2-8,11-19H2,1H3;1H/b10-9-;. The number of nitrogens with one attached hydrogen (secondary N) is 1. The minimum Gasteiger partial charge on any atom is -0.271 e. The van der Waals surface area contributed by atoms with Gasteiger partial charge in [-0.3, -0.25) is 11.3 Å². The van der Waals surface area contributed by atoms with E-state index < -0.39 is 0 Å². The molecular weight excluding hydrogens is 280 g/mol. The van der Waals surface area contributed by atoms with Crippen LogP contribution in [0.5, 0.6) is 0 Å². The van der Waals surface area contributed by atoms with E-state index in [2.05, 4.69) is 24.5 Å². The molecule has 0 aliphatic rings. The zero-order chi connectivity index (χ0) is 14.7. The van der Waals surface area contributed by atoms with Gasteiger partial charge in [0.05, 0.1) is 0 Å². The van der Waals surface area contributed by atoms with Gasteiger partial charge in [0, 0.05) is 6.54 Å². The van der Waals surface area contributed by atoms with Gasteiger partial charge in [-0.15, -0.1) is 12.4 Å². The van der Waals surface area contributed by atoms with Gasteiger partial charge in [0.25, 0.3) is 0 Å². The van der Waals surface area contributed by atoms with E-state index in [9.17, 15) is 0 Å². The van der Waals surface area contributed by atoms with Crippen molar-refractivity contribution in [1.82, 2.24) is 5.43 Å². The first-order valence-corrected chi connectivity index (χ1v) is 9.00. The number of nitrogens with two attached hydrogens (primary N) is 1. The van der Waals surface area contributed by atoms with Crippen LogP contribution in [0, 0.1) is 0 Å². The summed E-state index contributed by atoms with van der Waals surface area (Å²) in [5.74, 6) is 5.23. The Hall–Kier alpha value is -0.0500. The zero-order valence-electron chi connectivity index (χ0n) is 14.2. The molecule has 0 aliphatic carbocycles. The van der Waals surface area contributed by atoms with Crippen molar-refractivity contribution in [1.29, 1.82) is 0 Å². The number of allylic oxidation sites excluding steroid dienone is 2. The van der Waals surface area contributed by atoms with Crippen molar-refractivity contribution >= 4 is 12.4 Å². The normalized spacial score (nSPS) is 11.0. The molecule has 21 heavy (non-hydrogen) atoms. The summed E-state index contributed by atoms with van der Waals surface area (Å²) >= 11 is 0. The molecule has 128 valence electrons. The van der Waals surface area contributed by atoms with Crippen LogP contribution in [0.4, 0.5) is 0 Å². The van der Waals surface area contributed by atoms with Crippen LogP contribution in [-0.2, 0) is 0 Å². The topological polar surface area (TPSA) is 38.0 Å². The third-order valence-electron chi connectivity index (χ3n) is 3.83. The Bertz CT molecular complexity index is 196. The molecule has 0 radical (unpaired) electrons. The molecule has 0 saturated heterocycles. The van der Waals surface area contributed by atoms with Gasteiger partial charge in [0.2, 0.25) is 0 Å². The maximum atomic E-state index is 5.23. The van der Waals surface area contributed by atoms with Gasteiger partial charge in [-0.25, -0.2) is 0 Å². The van der Waals surface area contributed by atoms with Gasteiger partial charge >= 0.3 is 0 Å². The van der Waals surface area contributed by atoms with Gasteiger partial charge in [0.1, 0.15) is 0 Å². The number of hydrazine groups is 1. The molecule has 3 heteroatoms. The lowest BCUT2D eigenvalue weighted by Gasteiger charge is -2.00. The van der Waals surface area contributed by atoms with Crippen LogP contribution < -0.4 is 11.3 Å². The fourth-order valence-corrected chi connectivity index (χ4v) is 2.47. The Morgan fingerprint density at radius 1 is 0.667 bits per heavy atom. The van der Waals surface area contributed by atoms with E-state index in [0.29, 0.717) is 0 Å². The summed E-state index contributed by atoms with van der Waals surface area (Å²) in [7, 11) is 0. The molecule has 0 aliphatic heterocycles. The van der Waals surface area contributed by atoms with Crippen molar-refractivity contribution in [2.45, 2.75) is 96.8 Å². The summed E-state index contributed by atoms with van der Waals surface area (Å²) in [4.78, 5) is 0. The molecule has 0 bridgehead atoms. The second-order valence-corrected chi connectivity index (χ2v) is 5.89. The smallest absolute Gasteiger partial charge is 0.00974 e. The van der Waals surface area contributed by atoms with E-state index >= 15 is 0 Å². The molecule has 0 spiro atoms. The summed E-state index contributed by atoms with van der Waals surface area (Å²) in [5, 5.41) is 0. The maximum absolute atomic E-state index is 5.23. The molecule has 0 aromatic heterocycles. The van der Waals surface area contributed by atoms with E-state index in [1.165, 1.54) is 89.9 Å². The van der Waals surface area contributed by atoms with Crippen LogP contribution in [0.1, 0.15) is 96.8 Å². The summed E-state index contributed by atoms with van der Waals surface area (Å²) in [6.07, 6.45) is 23.8. The van der Waals surface area contributed by atoms with E-state index in [1.807, 2.05) is 0 Å². The van der Waals surface area contributed by atoms with Crippen LogP contribution in [0.25, 0.3) is 0 Å². The Morgan fingerprint density at radius 2 is 1.10 bits per heavy atom. The van der Waals surface area contributed by atoms with Gasteiger partial charge < -0.3 is 0 Å². The molecule has 3 N–H and O–H groups in total. The number of hydrogen-bond donors (Lipinski definition) is 2. The first-order chi connectivity index (χ1) is 9.91. The second kappa shape index (κ2) is 22.2. The Morgan fingerprint density at radius 3 is 1.57 bits per heavy atom. The summed E-state index contributed by atoms with van der Waals surface area (Å²) < 4.78 is 0. The SMILES string of the molecule is CCCCCCCC/C=C\CCCCCCCCNN.Cl. The quantitative estimate of drug-likeness (QED) is 0.161. The molecular formula is C18H39ClN2. The highest BCUT2D eigenvalue weighted by atomic mass is 35.5. The van der Waals surface area contributed by atoms with Crippen LogP contribution in [0.3, 0.4) is 0 Å². The van der Waals surface area contributed by atoms with Crippen molar-refractivity contribution < 1.29 is 0 Å². The highest BCUT2D eigenvalue weighted by Gasteiger charge is 1.91. The average molecular weight is 319 g/mol. The van der Waals surface area contributed by atoms with Gasteiger partial charge in [-0.2, -0.15) is 0 Å². The molecule has 0 rings (SSSR count). The molecule has 2 nitrogen and oxygen atoms in total. The predicted molar refractivity (Wildman–Crippen MR) is 98.9 cm³/mol. The van der Waals surface area contributed by atoms with E-state index in [4.69, 9.17) is 5.84 Å². The number of halogens is 1. The average Bonchev–Trinajstić information content (AvgIpc) is 2.47. The lowest BCUT2D eigenvalue weighted by molar-refractivity contribution is 0.574. The summed E-state index contributed by atoms with van der Waals surface area (Å²) in [5.41, 5.74) is 2.71. The van der Waals surface area contributed by atoms with Gasteiger partial charge in [-0.05, 0) is 32.1 Å². The Labute approximate surface area is 139 Å². The number of hydrogen-bond acceptors (Lipinski definition) is 2. The van der Waals surface area contributed by atoms with Gasteiger partial charge in [0.15, 0.2) is 0 Å². The molecule has 0 unspecified atom stereocenters. The monoisotopic (exact) mass is 318 g/mol. The second-order valence-electron chi connectivity index (χ2n) is 5.89. The number of unbranched alkanes of at least 4 members (excludes halogenated alkanes) is 12. The highest BCUT2D eigenvalue weighted by Crippen LogP contribution is 2.09. The third-order valence-corrected chi connectivity index (χ3v) is 3.83. The van der Waals surface area contributed by atoms with Crippen molar-refractivity contribution in [2.75, 3.05) is 6.54 Å². The third kappa shape index (κ3) is 22.4. The van der Waals surface area contributed by atoms with Crippen molar-refractivity contribution in [3.05, 3.63) is 12.2 Å². The fourth-order valence-electron chi connectivity index (χ4n) is 2.47. The lowest BCUT2D eigenvalue weighted by atomic mass is 10.1. The molecule has 0 fully saturated rings. The molecule has 0 amide bonds. The van der Waals surface area contributed by atoms with E-state index in [-0.39, 0.29) is 12.4 Å². The molecule has 0 aromatic rings. The van der Waals surface area contributed by atoms with Crippen molar-refractivity contribution in [3.8, 4) is 0 Å². The minimum atomic E-state index is 0. The largest absolute Gasteiger partial charge is 0.271 e. The van der Waals surface area contributed by atoms with Gasteiger partial charge in [-0.1, -0.05) is 76.9 Å². The van der Waals surface area contributed by atoms with Crippen LogP contribution in [-0.4, -0.2) is 6.54 Å². The Balaban J connectivity index is 0.